The van der Waals surface area contributed by atoms with E-state index in [1.165, 1.54) is 12.3 Å². The average Bonchev–Trinajstić information content (AvgIpc) is 2.42. The lowest BCUT2D eigenvalue weighted by Crippen LogP contribution is -2.20. The minimum atomic E-state index is -4.30. The zero-order valence-electron chi connectivity index (χ0n) is 7.94. The normalized spacial score (nSPS) is 11.8. The number of nitrogens with zero attached hydrogens (tertiary/aromatic N) is 1. The summed E-state index contributed by atoms with van der Waals surface area (Å²) in [5.41, 5.74) is 0.124. The van der Waals surface area contributed by atoms with Crippen LogP contribution in [0.5, 0.6) is 0 Å². The van der Waals surface area contributed by atoms with Crippen LogP contribution in [0, 0.1) is 3.57 Å². The summed E-state index contributed by atoms with van der Waals surface area (Å²) in [6.45, 7) is 0.511. The molecule has 0 amide bonds. The topological polar surface area (TPSA) is 22.0 Å². The molecule has 1 aromatic rings. The molecular weight excluding hydrogens is 322 g/mol. The van der Waals surface area contributed by atoms with Gasteiger partial charge in [0.2, 0.25) is 0 Å². The second-order valence-corrected chi connectivity index (χ2v) is 4.31. The number of hydrogen-bond acceptors (Lipinski definition) is 1. The molecule has 15 heavy (non-hydrogen) atoms. The molecule has 0 N–H and O–H groups in total. The van der Waals surface area contributed by atoms with E-state index in [0.717, 1.165) is 4.57 Å². The van der Waals surface area contributed by atoms with Crippen LogP contribution in [-0.4, -0.2) is 16.5 Å². The summed E-state index contributed by atoms with van der Waals surface area (Å²) in [4.78, 5) is 11.3. The van der Waals surface area contributed by atoms with Crippen LogP contribution in [0.25, 0.3) is 0 Å². The average molecular weight is 331 g/mol. The highest BCUT2D eigenvalue weighted by atomic mass is 127. The fraction of sp³-hybridized carbons (Fsp3) is 0.444. The number of halogens is 4. The van der Waals surface area contributed by atoms with Gasteiger partial charge in [-0.05, 0) is 28.7 Å². The molecule has 1 heterocycles. The van der Waals surface area contributed by atoms with Gasteiger partial charge in [0.1, 0.15) is 6.54 Å². The van der Waals surface area contributed by atoms with Crippen molar-refractivity contribution in [1.29, 1.82) is 0 Å². The van der Waals surface area contributed by atoms with Crippen LogP contribution >= 0.6 is 22.6 Å². The van der Waals surface area contributed by atoms with E-state index in [-0.39, 0.29) is 17.9 Å². The van der Waals surface area contributed by atoms with Crippen molar-refractivity contribution in [3.63, 3.8) is 0 Å². The smallest absolute Gasteiger partial charge is 0.335 e. The predicted octanol–water partition coefficient (Wildman–Crippen LogP) is 3.25. The van der Waals surface area contributed by atoms with Crippen molar-refractivity contribution in [3.8, 4) is 0 Å². The summed E-state index contributed by atoms with van der Waals surface area (Å²) < 4.78 is 38.1. The second-order valence-electron chi connectivity index (χ2n) is 3.06. The van der Waals surface area contributed by atoms with Gasteiger partial charge in [-0.15, -0.1) is 0 Å². The van der Waals surface area contributed by atoms with Gasteiger partial charge >= 0.3 is 6.18 Å². The van der Waals surface area contributed by atoms with E-state index >= 15 is 0 Å². The molecule has 0 aliphatic rings. The predicted molar refractivity (Wildman–Crippen MR) is 57.8 cm³/mol. The highest BCUT2D eigenvalue weighted by molar-refractivity contribution is 14.1. The Morgan fingerprint density at radius 2 is 2.13 bits per heavy atom. The lowest BCUT2D eigenvalue weighted by molar-refractivity contribution is -0.140. The second kappa shape index (κ2) is 4.54. The van der Waals surface area contributed by atoms with Crippen LogP contribution in [0.15, 0.2) is 12.3 Å². The Balaban J connectivity index is 3.01. The molecule has 0 aliphatic carbocycles. The van der Waals surface area contributed by atoms with Gasteiger partial charge in [0.15, 0.2) is 5.78 Å². The Morgan fingerprint density at radius 1 is 1.53 bits per heavy atom. The van der Waals surface area contributed by atoms with Gasteiger partial charge in [0.25, 0.3) is 0 Å². The number of carbonyl (C=O) groups excluding carboxylic acids is 1. The van der Waals surface area contributed by atoms with Crippen LogP contribution in [0.4, 0.5) is 13.2 Å². The fourth-order valence-electron chi connectivity index (χ4n) is 1.21. The summed E-state index contributed by atoms with van der Waals surface area (Å²) in [5, 5.41) is 0. The van der Waals surface area contributed by atoms with Gasteiger partial charge in [-0.1, -0.05) is 6.92 Å². The maximum atomic E-state index is 12.2. The number of alkyl halides is 3. The van der Waals surface area contributed by atoms with E-state index < -0.39 is 12.7 Å². The van der Waals surface area contributed by atoms with Crippen LogP contribution in [-0.2, 0) is 6.54 Å². The van der Waals surface area contributed by atoms with Crippen LogP contribution in [0.2, 0.25) is 0 Å². The van der Waals surface area contributed by atoms with Gasteiger partial charge in [0, 0.05) is 16.2 Å². The number of aromatic nitrogens is 1. The molecule has 0 atom stereocenters. The Hall–Kier alpha value is -0.530. The number of rotatable bonds is 3. The Labute approximate surface area is 98.6 Å². The first-order chi connectivity index (χ1) is 6.83. The van der Waals surface area contributed by atoms with Crippen molar-refractivity contribution in [2.24, 2.45) is 0 Å². The number of hydrogen-bond donors (Lipinski definition) is 0. The van der Waals surface area contributed by atoms with Crippen molar-refractivity contribution < 1.29 is 18.0 Å². The first kappa shape index (κ1) is 12.5. The summed E-state index contributed by atoms with van der Waals surface area (Å²) >= 11 is 1.89. The van der Waals surface area contributed by atoms with Gasteiger partial charge in [-0.2, -0.15) is 13.2 Å². The minimum absolute atomic E-state index is 0.124. The van der Waals surface area contributed by atoms with Crippen molar-refractivity contribution in [2.75, 3.05) is 0 Å². The molecule has 84 valence electrons. The number of Topliss-reactive ketones (excluding diaryl/α,β-unsaturated/α-hetero) is 1. The van der Waals surface area contributed by atoms with Crippen molar-refractivity contribution in [2.45, 2.75) is 26.1 Å². The molecule has 0 radical (unpaired) electrons. The molecular formula is C9H9F3INO. The monoisotopic (exact) mass is 331 g/mol. The van der Waals surface area contributed by atoms with Gasteiger partial charge in [0.05, 0.1) is 5.69 Å². The molecule has 1 rings (SSSR count). The highest BCUT2D eigenvalue weighted by Crippen LogP contribution is 2.21. The Morgan fingerprint density at radius 3 is 2.60 bits per heavy atom. The van der Waals surface area contributed by atoms with E-state index in [0.29, 0.717) is 3.57 Å². The summed E-state index contributed by atoms with van der Waals surface area (Å²) in [7, 11) is 0. The first-order valence-corrected chi connectivity index (χ1v) is 5.37. The van der Waals surface area contributed by atoms with E-state index in [1.807, 2.05) is 22.6 Å². The Bertz CT molecular complexity index is 370. The molecule has 0 aliphatic heterocycles. The maximum Gasteiger partial charge on any atom is 0.406 e. The molecule has 6 heteroatoms. The van der Waals surface area contributed by atoms with Crippen LogP contribution < -0.4 is 0 Å². The van der Waals surface area contributed by atoms with Gasteiger partial charge in [-0.3, -0.25) is 4.79 Å². The molecule has 0 saturated carbocycles. The third-order valence-corrected chi connectivity index (χ3v) is 2.41. The molecule has 1 aromatic heterocycles. The third-order valence-electron chi connectivity index (χ3n) is 1.82. The molecule has 0 spiro atoms. The molecule has 0 fully saturated rings. The van der Waals surface area contributed by atoms with E-state index in [9.17, 15) is 18.0 Å². The number of ketones is 1. The zero-order chi connectivity index (χ0) is 11.6. The van der Waals surface area contributed by atoms with E-state index in [2.05, 4.69) is 0 Å². The maximum absolute atomic E-state index is 12.2. The lowest BCUT2D eigenvalue weighted by Gasteiger charge is -2.10. The summed E-state index contributed by atoms with van der Waals surface area (Å²) in [5.74, 6) is -0.276. The zero-order valence-corrected chi connectivity index (χ0v) is 10.1. The lowest BCUT2D eigenvalue weighted by atomic mass is 10.2. The standard InChI is InChI=1S/C9H9F3INO/c1-2-8(15)7-3-6(13)4-14(7)5-9(10,11)12/h3-4H,2,5H2,1H3. The van der Waals surface area contributed by atoms with E-state index in [1.54, 1.807) is 6.92 Å². The summed E-state index contributed by atoms with van der Waals surface area (Å²) in [6, 6.07) is 1.47. The minimum Gasteiger partial charge on any atom is -0.335 e. The first-order valence-electron chi connectivity index (χ1n) is 4.29. The molecule has 0 bridgehead atoms. The molecule has 0 aromatic carbocycles. The highest BCUT2D eigenvalue weighted by Gasteiger charge is 2.29. The Kier molecular flexibility index (Phi) is 3.80. The quantitative estimate of drug-likeness (QED) is 0.616. The van der Waals surface area contributed by atoms with Crippen molar-refractivity contribution in [1.82, 2.24) is 4.57 Å². The number of carbonyl (C=O) groups is 1. The molecule has 0 saturated heterocycles. The fourth-order valence-corrected chi connectivity index (χ4v) is 1.85. The molecule has 0 unspecified atom stereocenters. The third kappa shape index (κ3) is 3.51. The van der Waals surface area contributed by atoms with Gasteiger partial charge < -0.3 is 4.57 Å². The van der Waals surface area contributed by atoms with Gasteiger partial charge in [-0.25, -0.2) is 0 Å². The van der Waals surface area contributed by atoms with E-state index in [4.69, 9.17) is 0 Å². The van der Waals surface area contributed by atoms with Crippen LogP contribution in [0.1, 0.15) is 23.8 Å². The summed E-state index contributed by atoms with van der Waals surface area (Å²) in [6.07, 6.45) is -2.76. The van der Waals surface area contributed by atoms with Crippen molar-refractivity contribution >= 4 is 28.4 Å². The van der Waals surface area contributed by atoms with Crippen LogP contribution in [0.3, 0.4) is 0 Å². The molecule has 2 nitrogen and oxygen atoms in total. The SMILES string of the molecule is CCC(=O)c1cc(I)cn1CC(F)(F)F. The van der Waals surface area contributed by atoms with Crippen molar-refractivity contribution in [3.05, 3.63) is 21.5 Å². The largest absolute Gasteiger partial charge is 0.406 e.